The fraction of sp³-hybridized carbons (Fsp3) is 0.0556. The van der Waals surface area contributed by atoms with Crippen molar-refractivity contribution in [1.29, 1.82) is 0 Å². The highest BCUT2D eigenvalue weighted by molar-refractivity contribution is 5.83. The zero-order valence-electron chi connectivity index (χ0n) is 13.8. The third-order valence-corrected chi connectivity index (χ3v) is 4.03. The Morgan fingerprint density at radius 1 is 0.926 bits per heavy atom. The number of nitrogen functional groups attached to an aromatic ring is 2. The highest BCUT2D eigenvalue weighted by Crippen LogP contribution is 2.25. The summed E-state index contributed by atoms with van der Waals surface area (Å²) in [6.07, 6.45) is -0.119. The van der Waals surface area contributed by atoms with Crippen LogP contribution in [-0.2, 0) is 6.42 Å². The second kappa shape index (κ2) is 6.27. The minimum absolute atomic E-state index is 0.119. The Balaban J connectivity index is 1.88. The summed E-state index contributed by atoms with van der Waals surface area (Å²) in [5, 5.41) is 5.06. The van der Waals surface area contributed by atoms with Crippen LogP contribution >= 0.6 is 0 Å². The normalized spacial score (nSPS) is 11.2. The summed E-state index contributed by atoms with van der Waals surface area (Å²) in [6.45, 7) is 0. The van der Waals surface area contributed by atoms with E-state index in [0.717, 1.165) is 6.07 Å². The van der Waals surface area contributed by atoms with Gasteiger partial charge in [0, 0.05) is 23.9 Å². The quantitative estimate of drug-likeness (QED) is 0.541. The van der Waals surface area contributed by atoms with Crippen molar-refractivity contribution in [3.63, 3.8) is 0 Å². The Morgan fingerprint density at radius 2 is 1.63 bits per heavy atom. The van der Waals surface area contributed by atoms with Crippen LogP contribution in [0.15, 0.2) is 42.5 Å². The van der Waals surface area contributed by atoms with Gasteiger partial charge in [0.05, 0.1) is 11.2 Å². The van der Waals surface area contributed by atoms with E-state index in [1.54, 1.807) is 24.3 Å². The molecule has 0 fully saturated rings. The van der Waals surface area contributed by atoms with Crippen LogP contribution in [0.4, 0.5) is 24.8 Å². The molecule has 2 heterocycles. The van der Waals surface area contributed by atoms with Crippen molar-refractivity contribution in [2.75, 3.05) is 11.5 Å². The van der Waals surface area contributed by atoms with Gasteiger partial charge in [-0.2, -0.15) is 19.7 Å². The maximum absolute atomic E-state index is 14.1. The predicted octanol–water partition coefficient (Wildman–Crippen LogP) is 2.99. The molecule has 136 valence electrons. The minimum Gasteiger partial charge on any atom is -0.383 e. The zero-order valence-corrected chi connectivity index (χ0v) is 13.8. The van der Waals surface area contributed by atoms with Crippen molar-refractivity contribution in [3.8, 4) is 5.95 Å². The van der Waals surface area contributed by atoms with Gasteiger partial charge in [0.2, 0.25) is 0 Å². The highest BCUT2D eigenvalue weighted by Gasteiger charge is 2.18. The summed E-state index contributed by atoms with van der Waals surface area (Å²) >= 11 is 0. The van der Waals surface area contributed by atoms with Gasteiger partial charge in [-0.1, -0.05) is 18.2 Å². The summed E-state index contributed by atoms with van der Waals surface area (Å²) in [6, 6.07) is 9.92. The molecular weight excluding hydrogens is 357 g/mol. The second-order valence-electron chi connectivity index (χ2n) is 5.93. The zero-order chi connectivity index (χ0) is 19.1. The second-order valence-corrected chi connectivity index (χ2v) is 5.93. The molecule has 4 rings (SSSR count). The van der Waals surface area contributed by atoms with Gasteiger partial charge >= 0.3 is 0 Å². The van der Waals surface area contributed by atoms with Crippen molar-refractivity contribution in [2.45, 2.75) is 6.42 Å². The average molecular weight is 370 g/mol. The molecule has 9 heteroatoms. The van der Waals surface area contributed by atoms with Crippen LogP contribution in [0, 0.1) is 17.5 Å². The molecular formula is C18H13F3N6. The fourth-order valence-electron chi connectivity index (χ4n) is 2.90. The molecule has 0 saturated heterocycles. The van der Waals surface area contributed by atoms with E-state index in [0.29, 0.717) is 22.7 Å². The third kappa shape index (κ3) is 3.03. The molecule has 2 aromatic heterocycles. The predicted molar refractivity (Wildman–Crippen MR) is 94.6 cm³/mol. The largest absolute Gasteiger partial charge is 0.383 e. The van der Waals surface area contributed by atoms with Crippen LogP contribution < -0.4 is 11.5 Å². The lowest BCUT2D eigenvalue weighted by Gasteiger charge is -2.04. The number of nitrogens with zero attached hydrogens (tertiary/aromatic N) is 4. The van der Waals surface area contributed by atoms with E-state index < -0.39 is 17.5 Å². The van der Waals surface area contributed by atoms with E-state index in [2.05, 4.69) is 15.1 Å². The van der Waals surface area contributed by atoms with Gasteiger partial charge in [-0.3, -0.25) is 0 Å². The molecule has 4 aromatic rings. The molecule has 0 aliphatic rings. The number of para-hydroxylation sites is 1. The van der Waals surface area contributed by atoms with E-state index in [-0.39, 0.29) is 29.6 Å². The van der Waals surface area contributed by atoms with Gasteiger partial charge in [-0.05, 0) is 17.7 Å². The lowest BCUT2D eigenvalue weighted by atomic mass is 10.1. The molecule has 0 aliphatic heterocycles. The van der Waals surface area contributed by atoms with Crippen LogP contribution in [0.25, 0.3) is 16.9 Å². The number of hydrogen-bond acceptors (Lipinski definition) is 5. The maximum atomic E-state index is 14.1. The Kier molecular flexibility index (Phi) is 3.91. The number of halogens is 3. The molecule has 2 aromatic carbocycles. The molecule has 0 amide bonds. The van der Waals surface area contributed by atoms with E-state index >= 15 is 0 Å². The number of rotatable bonds is 3. The Bertz CT molecular complexity index is 1150. The molecule has 6 nitrogen and oxygen atoms in total. The number of benzene rings is 2. The van der Waals surface area contributed by atoms with E-state index in [1.807, 2.05) is 0 Å². The van der Waals surface area contributed by atoms with Crippen molar-refractivity contribution in [3.05, 3.63) is 71.2 Å². The van der Waals surface area contributed by atoms with Crippen LogP contribution in [0.1, 0.15) is 11.3 Å². The van der Waals surface area contributed by atoms with Gasteiger partial charge in [-0.25, -0.2) is 13.2 Å². The van der Waals surface area contributed by atoms with Crippen LogP contribution in [0.3, 0.4) is 0 Å². The number of hydrogen-bond donors (Lipinski definition) is 2. The first-order chi connectivity index (χ1) is 12.9. The third-order valence-electron chi connectivity index (χ3n) is 4.03. The standard InChI is InChI=1S/C18H13F3N6/c19-10-5-9(17(21)12(20)7-10)6-13-11-3-1-2-4-14(11)27(26-13)18-24-15(22)8-16(23)25-18/h1-5,7-8H,6H2,(H4,22,23,24,25). The highest BCUT2D eigenvalue weighted by atomic mass is 19.2. The monoisotopic (exact) mass is 370 g/mol. The minimum atomic E-state index is -1.25. The fourth-order valence-corrected chi connectivity index (χ4v) is 2.90. The molecule has 0 aliphatic carbocycles. The summed E-state index contributed by atoms with van der Waals surface area (Å²) in [5.41, 5.74) is 12.3. The molecule has 0 saturated carbocycles. The molecule has 0 unspecified atom stereocenters. The smallest absolute Gasteiger partial charge is 0.255 e. The van der Waals surface area contributed by atoms with Crippen molar-refractivity contribution >= 4 is 22.5 Å². The molecule has 0 atom stereocenters. The topological polar surface area (TPSA) is 95.6 Å². The van der Waals surface area contributed by atoms with Gasteiger partial charge in [0.15, 0.2) is 11.6 Å². The van der Waals surface area contributed by atoms with Crippen molar-refractivity contribution < 1.29 is 13.2 Å². The van der Waals surface area contributed by atoms with E-state index in [1.165, 1.54) is 10.7 Å². The Morgan fingerprint density at radius 3 is 2.37 bits per heavy atom. The Labute approximate surface area is 151 Å². The molecule has 4 N–H and O–H groups in total. The Hall–Kier alpha value is -3.62. The van der Waals surface area contributed by atoms with Gasteiger partial charge in [0.25, 0.3) is 5.95 Å². The summed E-state index contributed by atoms with van der Waals surface area (Å²) in [5.74, 6) is -2.76. The number of nitrogens with two attached hydrogens (primary N) is 2. The lowest BCUT2D eigenvalue weighted by Crippen LogP contribution is -2.08. The molecule has 27 heavy (non-hydrogen) atoms. The summed E-state index contributed by atoms with van der Waals surface area (Å²) < 4.78 is 42.5. The first-order valence-corrected chi connectivity index (χ1v) is 7.93. The van der Waals surface area contributed by atoms with Crippen molar-refractivity contribution in [2.24, 2.45) is 0 Å². The van der Waals surface area contributed by atoms with E-state index in [4.69, 9.17) is 11.5 Å². The van der Waals surface area contributed by atoms with Crippen LogP contribution in [0.5, 0.6) is 0 Å². The van der Waals surface area contributed by atoms with Gasteiger partial charge in [0.1, 0.15) is 17.5 Å². The lowest BCUT2D eigenvalue weighted by molar-refractivity contribution is 0.486. The molecule has 0 spiro atoms. The summed E-state index contributed by atoms with van der Waals surface area (Å²) in [4.78, 5) is 8.23. The van der Waals surface area contributed by atoms with E-state index in [9.17, 15) is 13.2 Å². The molecule has 0 bridgehead atoms. The number of aromatic nitrogens is 4. The maximum Gasteiger partial charge on any atom is 0.255 e. The number of fused-ring (bicyclic) bond motifs is 1. The van der Waals surface area contributed by atoms with Crippen LogP contribution in [0.2, 0.25) is 0 Å². The first kappa shape index (κ1) is 16.8. The first-order valence-electron chi connectivity index (χ1n) is 7.93. The van der Waals surface area contributed by atoms with Gasteiger partial charge in [-0.15, -0.1) is 0 Å². The summed E-state index contributed by atoms with van der Waals surface area (Å²) in [7, 11) is 0. The van der Waals surface area contributed by atoms with Crippen LogP contribution in [-0.4, -0.2) is 19.7 Å². The number of anilines is 2. The molecule has 0 radical (unpaired) electrons. The SMILES string of the molecule is Nc1cc(N)nc(-n2nc(Cc3cc(F)cc(F)c3F)c3ccccc32)n1. The average Bonchev–Trinajstić information content (AvgIpc) is 2.97. The van der Waals surface area contributed by atoms with Crippen molar-refractivity contribution in [1.82, 2.24) is 19.7 Å². The van der Waals surface area contributed by atoms with Gasteiger partial charge < -0.3 is 11.5 Å².